The van der Waals surface area contributed by atoms with Crippen LogP contribution in [0.15, 0.2) is 55.1 Å². The number of methoxy groups -OCH3 is 1. The highest BCUT2D eigenvalue weighted by Gasteiger charge is 2.35. The van der Waals surface area contributed by atoms with Gasteiger partial charge in [-0.1, -0.05) is 58.2 Å². The van der Waals surface area contributed by atoms with Gasteiger partial charge in [0, 0.05) is 21.8 Å². The number of rotatable bonds is 6. The molecule has 3 rings (SSSR count). The van der Waals surface area contributed by atoms with E-state index in [0.717, 1.165) is 27.8 Å². The maximum atomic E-state index is 14.8. The fourth-order valence-corrected chi connectivity index (χ4v) is 4.32. The number of hydrogen-bond donors (Lipinski definition) is 0. The summed E-state index contributed by atoms with van der Waals surface area (Å²) in [4.78, 5) is 0. The van der Waals surface area contributed by atoms with Crippen molar-refractivity contribution in [2.75, 3.05) is 19.6 Å². The normalized spacial score (nSPS) is 16.2. The van der Waals surface area contributed by atoms with Gasteiger partial charge in [-0.25, -0.2) is 4.39 Å². The average molecular weight is 415 g/mol. The van der Waals surface area contributed by atoms with Crippen LogP contribution in [0.3, 0.4) is 0 Å². The van der Waals surface area contributed by atoms with Gasteiger partial charge in [0.25, 0.3) is 0 Å². The third-order valence-electron chi connectivity index (χ3n) is 5.99. The molecule has 2 aromatic carbocycles. The maximum absolute atomic E-state index is 14.8. The predicted octanol–water partition coefficient (Wildman–Crippen LogP) is 6.98. The lowest BCUT2D eigenvalue weighted by Gasteiger charge is -2.43. The Bertz CT molecular complexity index is 970. The molecule has 0 bridgehead atoms. The molecular formula is C25H31FO2S. The number of allylic oxidation sites excluding steroid dienone is 2. The molecule has 2 nitrogen and oxygen atoms in total. The number of fused-ring (bicyclic) bond motifs is 3. The van der Waals surface area contributed by atoms with Crippen molar-refractivity contribution in [1.29, 1.82) is 0 Å². The molecule has 1 atom stereocenters. The van der Waals surface area contributed by atoms with E-state index in [0.29, 0.717) is 17.9 Å². The van der Waals surface area contributed by atoms with Crippen LogP contribution in [-0.4, -0.2) is 24.4 Å². The molecule has 0 amide bonds. The third kappa shape index (κ3) is 3.76. The van der Waals surface area contributed by atoms with Gasteiger partial charge in [-0.05, 0) is 46.9 Å². The minimum atomic E-state index is -1.23. The van der Waals surface area contributed by atoms with Crippen molar-refractivity contribution in [2.45, 2.75) is 38.0 Å². The first-order valence-corrected chi connectivity index (χ1v) is 12.1. The zero-order valence-electron chi connectivity index (χ0n) is 18.3. The lowest BCUT2D eigenvalue weighted by molar-refractivity contribution is 0.339. The molecule has 1 unspecified atom stereocenters. The van der Waals surface area contributed by atoms with Crippen molar-refractivity contribution in [3.8, 4) is 16.9 Å². The van der Waals surface area contributed by atoms with E-state index in [2.05, 4.69) is 52.5 Å². The second-order valence-electron chi connectivity index (χ2n) is 8.78. The first-order valence-electron chi connectivity index (χ1n) is 9.70. The Kier molecular flexibility index (Phi) is 5.72. The average Bonchev–Trinajstić information content (AvgIpc) is 3.00. The molecule has 29 heavy (non-hydrogen) atoms. The van der Waals surface area contributed by atoms with Gasteiger partial charge in [-0.15, -0.1) is 10.3 Å². The fourth-order valence-electron chi connectivity index (χ4n) is 3.53. The van der Waals surface area contributed by atoms with Crippen molar-refractivity contribution in [1.82, 2.24) is 0 Å². The molecule has 0 aromatic heterocycles. The van der Waals surface area contributed by atoms with E-state index < -0.39 is 10.3 Å². The maximum Gasteiger partial charge on any atom is 0.131 e. The quantitative estimate of drug-likeness (QED) is 0.475. The third-order valence-corrected chi connectivity index (χ3v) is 9.64. The van der Waals surface area contributed by atoms with Crippen LogP contribution in [0, 0.1) is 5.82 Å². The first kappa shape index (κ1) is 21.7. The van der Waals surface area contributed by atoms with Crippen LogP contribution in [0.2, 0.25) is 0 Å². The molecule has 0 saturated carbocycles. The van der Waals surface area contributed by atoms with Crippen LogP contribution >= 0.6 is 10.3 Å². The monoisotopic (exact) mass is 414 g/mol. The molecule has 0 heterocycles. The van der Waals surface area contributed by atoms with Crippen LogP contribution in [0.1, 0.15) is 43.4 Å². The van der Waals surface area contributed by atoms with Crippen LogP contribution < -0.4 is 4.74 Å². The zero-order chi connectivity index (χ0) is 21.6. The number of benzene rings is 2. The molecule has 0 radical (unpaired) electrons. The van der Waals surface area contributed by atoms with Gasteiger partial charge in [-0.3, -0.25) is 0 Å². The molecule has 1 aliphatic rings. The topological polar surface area (TPSA) is 18.5 Å². The summed E-state index contributed by atoms with van der Waals surface area (Å²) in [5.41, 5.74) is 5.23. The summed E-state index contributed by atoms with van der Waals surface area (Å²) in [5, 5.41) is 0. The van der Waals surface area contributed by atoms with Gasteiger partial charge in [0.05, 0.1) is 13.7 Å². The molecule has 0 N–H and O–H groups in total. The molecule has 156 valence electrons. The summed E-state index contributed by atoms with van der Waals surface area (Å²) >= 11 is 0. The van der Waals surface area contributed by atoms with Crippen molar-refractivity contribution in [3.63, 3.8) is 0 Å². The summed E-state index contributed by atoms with van der Waals surface area (Å²) in [6.07, 6.45) is 6.13. The summed E-state index contributed by atoms with van der Waals surface area (Å²) in [6, 6.07) is 9.28. The van der Waals surface area contributed by atoms with E-state index in [-0.39, 0.29) is 16.5 Å². The Hall–Kier alpha value is -2.04. The Labute approximate surface area is 176 Å². The molecule has 0 saturated heterocycles. The van der Waals surface area contributed by atoms with Crippen LogP contribution in [-0.2, 0) is 10.8 Å². The molecule has 0 aliphatic heterocycles. The Morgan fingerprint density at radius 3 is 2.48 bits per heavy atom. The van der Waals surface area contributed by atoms with E-state index in [9.17, 15) is 4.39 Å². The van der Waals surface area contributed by atoms with Gasteiger partial charge < -0.3 is 8.92 Å². The second kappa shape index (κ2) is 7.66. The van der Waals surface area contributed by atoms with E-state index in [1.54, 1.807) is 19.3 Å². The highest BCUT2D eigenvalue weighted by atomic mass is 32.3. The molecule has 0 fully saturated rings. The Morgan fingerprint density at radius 2 is 1.90 bits per heavy atom. The van der Waals surface area contributed by atoms with Gasteiger partial charge in [0.2, 0.25) is 0 Å². The summed E-state index contributed by atoms with van der Waals surface area (Å²) in [7, 11) is 0.383. The molecule has 0 spiro atoms. The smallest absolute Gasteiger partial charge is 0.131 e. The SMILES string of the molecule is C=CC(=C)C1c2cc(COS(C)(C)C(C)(C)C)ccc2-c2c(F)ccc(OC)c21. The van der Waals surface area contributed by atoms with Crippen molar-refractivity contribution >= 4 is 10.3 Å². The Morgan fingerprint density at radius 1 is 1.21 bits per heavy atom. The summed E-state index contributed by atoms with van der Waals surface area (Å²) < 4.78 is 26.8. The lowest BCUT2D eigenvalue weighted by Crippen LogP contribution is -2.25. The minimum absolute atomic E-state index is 0.0934. The van der Waals surface area contributed by atoms with Crippen LogP contribution in [0.4, 0.5) is 4.39 Å². The molecule has 4 heteroatoms. The van der Waals surface area contributed by atoms with Crippen molar-refractivity contribution < 1.29 is 13.3 Å². The standard InChI is InChI=1S/C25H31FO2S/c1-9-16(2)22-19-14-17(15-28-29(7,8)25(3,4)5)10-11-18(19)23-20(26)12-13-21(27-6)24(22)23/h9-14,22H,1-2,15H2,3-8H3. The number of halogens is 1. The predicted molar refractivity (Wildman–Crippen MR) is 124 cm³/mol. The Balaban J connectivity index is 2.06. The van der Waals surface area contributed by atoms with Crippen molar-refractivity contribution in [2.24, 2.45) is 0 Å². The molecule has 1 aliphatic carbocycles. The minimum Gasteiger partial charge on any atom is -0.496 e. The second-order valence-corrected chi connectivity index (χ2v) is 12.7. The first-order chi connectivity index (χ1) is 13.5. The fraction of sp³-hybridized carbons (Fsp3) is 0.360. The van der Waals surface area contributed by atoms with E-state index >= 15 is 0 Å². The highest BCUT2D eigenvalue weighted by molar-refractivity contribution is 8.29. The van der Waals surface area contributed by atoms with Crippen LogP contribution in [0.5, 0.6) is 5.75 Å². The van der Waals surface area contributed by atoms with Gasteiger partial charge in [-0.2, -0.15) is 0 Å². The van der Waals surface area contributed by atoms with E-state index in [1.165, 1.54) is 6.07 Å². The largest absolute Gasteiger partial charge is 0.496 e. The van der Waals surface area contributed by atoms with E-state index in [1.807, 2.05) is 12.1 Å². The highest BCUT2D eigenvalue weighted by Crippen LogP contribution is 2.55. The van der Waals surface area contributed by atoms with Gasteiger partial charge in [0.15, 0.2) is 0 Å². The number of hydrogen-bond acceptors (Lipinski definition) is 2. The van der Waals surface area contributed by atoms with Crippen LogP contribution in [0.25, 0.3) is 11.1 Å². The number of ether oxygens (including phenoxy) is 1. The molecule has 2 aromatic rings. The summed E-state index contributed by atoms with van der Waals surface area (Å²) in [6.45, 7) is 15.2. The van der Waals surface area contributed by atoms with E-state index in [4.69, 9.17) is 8.92 Å². The van der Waals surface area contributed by atoms with Gasteiger partial charge >= 0.3 is 0 Å². The zero-order valence-corrected chi connectivity index (χ0v) is 19.1. The summed E-state index contributed by atoms with van der Waals surface area (Å²) in [5.74, 6) is 0.247. The van der Waals surface area contributed by atoms with Gasteiger partial charge in [0.1, 0.15) is 11.6 Å². The van der Waals surface area contributed by atoms with Crippen molar-refractivity contribution in [3.05, 3.63) is 77.6 Å². The lowest BCUT2D eigenvalue weighted by atomic mass is 9.89. The molecular weight excluding hydrogens is 383 g/mol.